The number of hydrogen-bond donors (Lipinski definition) is 0. The molecule has 1 aromatic rings. The molecule has 1 aromatic carbocycles. The third-order valence-corrected chi connectivity index (χ3v) is 5.05. The molecule has 4 atom stereocenters. The van der Waals surface area contributed by atoms with Crippen LogP contribution in [0.25, 0.3) is 0 Å². The van der Waals surface area contributed by atoms with Crippen LogP contribution >= 0.6 is 0 Å². The molecule has 0 radical (unpaired) electrons. The SMILES string of the molecule is O=C1[C@@H]2[C@@H](C(=O)N1Cc1ccc([N+](=O)[O-])cc1)[C@H]1C=C[C@@H]2C1. The Hall–Kier alpha value is -2.50. The average Bonchev–Trinajstić information content (AvgIpc) is 3.17. The lowest BCUT2D eigenvalue weighted by Crippen LogP contribution is -2.32. The quantitative estimate of drug-likeness (QED) is 0.369. The van der Waals surface area contributed by atoms with Crippen LogP contribution in [0.2, 0.25) is 0 Å². The topological polar surface area (TPSA) is 80.5 Å². The number of nitrogens with zero attached hydrogens (tertiary/aromatic N) is 2. The second kappa shape index (κ2) is 4.50. The molecule has 3 aliphatic rings. The van der Waals surface area contributed by atoms with Gasteiger partial charge in [-0.15, -0.1) is 0 Å². The third-order valence-electron chi connectivity index (χ3n) is 5.05. The lowest BCUT2D eigenvalue weighted by molar-refractivity contribution is -0.384. The van der Waals surface area contributed by atoms with Gasteiger partial charge < -0.3 is 0 Å². The molecule has 0 spiro atoms. The summed E-state index contributed by atoms with van der Waals surface area (Å²) in [5.74, 6) is -0.168. The Morgan fingerprint density at radius 2 is 1.59 bits per heavy atom. The van der Waals surface area contributed by atoms with Gasteiger partial charge in [-0.25, -0.2) is 0 Å². The fourth-order valence-corrected chi connectivity index (χ4v) is 4.03. The van der Waals surface area contributed by atoms with E-state index in [9.17, 15) is 19.7 Å². The van der Waals surface area contributed by atoms with Crippen LogP contribution in [0.15, 0.2) is 36.4 Å². The molecule has 1 aliphatic heterocycles. The van der Waals surface area contributed by atoms with Crippen molar-refractivity contribution < 1.29 is 14.5 Å². The number of nitro benzene ring substituents is 1. The molecule has 1 heterocycles. The molecule has 1 saturated carbocycles. The molecular formula is C16H14N2O4. The number of likely N-dealkylation sites (tertiary alicyclic amines) is 1. The Morgan fingerprint density at radius 1 is 1.05 bits per heavy atom. The first-order chi connectivity index (χ1) is 10.6. The zero-order valence-corrected chi connectivity index (χ0v) is 11.7. The Labute approximate surface area is 126 Å². The smallest absolute Gasteiger partial charge is 0.269 e. The molecule has 4 rings (SSSR count). The van der Waals surface area contributed by atoms with Gasteiger partial charge in [0.2, 0.25) is 11.8 Å². The summed E-state index contributed by atoms with van der Waals surface area (Å²) < 4.78 is 0. The number of allylic oxidation sites excluding steroid dienone is 2. The molecule has 6 heteroatoms. The summed E-state index contributed by atoms with van der Waals surface area (Å²) in [6.07, 6.45) is 5.04. The molecular weight excluding hydrogens is 284 g/mol. The van der Waals surface area contributed by atoms with Crippen molar-refractivity contribution in [3.63, 3.8) is 0 Å². The van der Waals surface area contributed by atoms with Crippen LogP contribution in [0.5, 0.6) is 0 Å². The summed E-state index contributed by atoms with van der Waals surface area (Å²) in [5, 5.41) is 10.7. The van der Waals surface area contributed by atoms with E-state index in [1.807, 2.05) is 0 Å². The van der Waals surface area contributed by atoms with Gasteiger partial charge in [-0.05, 0) is 23.8 Å². The standard InChI is InChI=1S/C16H14N2O4/c19-15-13-10-3-4-11(7-10)14(13)16(20)17(15)8-9-1-5-12(6-2-9)18(21)22/h1-6,10-11,13-14H,7-8H2/t10-,11+,13-,14-/m0/s1. The molecule has 2 aliphatic carbocycles. The molecule has 2 bridgehead atoms. The fraction of sp³-hybridized carbons (Fsp3) is 0.375. The van der Waals surface area contributed by atoms with E-state index < -0.39 is 4.92 Å². The molecule has 1 saturated heterocycles. The minimum absolute atomic E-state index is 0.00180. The van der Waals surface area contributed by atoms with Gasteiger partial charge in [0.05, 0.1) is 23.3 Å². The van der Waals surface area contributed by atoms with Crippen LogP contribution < -0.4 is 0 Å². The van der Waals surface area contributed by atoms with Crippen molar-refractivity contribution in [2.45, 2.75) is 13.0 Å². The zero-order chi connectivity index (χ0) is 15.4. The Morgan fingerprint density at radius 3 is 2.09 bits per heavy atom. The minimum atomic E-state index is -0.469. The number of benzene rings is 1. The lowest BCUT2D eigenvalue weighted by Gasteiger charge is -2.17. The van der Waals surface area contributed by atoms with Crippen LogP contribution in [0.4, 0.5) is 5.69 Å². The summed E-state index contributed by atoms with van der Waals surface area (Å²) in [7, 11) is 0. The van der Waals surface area contributed by atoms with Crippen LogP contribution in [0, 0.1) is 33.8 Å². The van der Waals surface area contributed by atoms with E-state index in [-0.39, 0.29) is 47.7 Å². The molecule has 0 aromatic heterocycles. The van der Waals surface area contributed by atoms with Gasteiger partial charge in [0.15, 0.2) is 0 Å². The van der Waals surface area contributed by atoms with Gasteiger partial charge >= 0.3 is 0 Å². The molecule has 112 valence electrons. The molecule has 0 N–H and O–H groups in total. The summed E-state index contributed by atoms with van der Waals surface area (Å²) in [5.41, 5.74) is 0.731. The van der Waals surface area contributed by atoms with Gasteiger partial charge in [0.25, 0.3) is 5.69 Å². The Kier molecular flexibility index (Phi) is 2.69. The number of carbonyl (C=O) groups excluding carboxylic acids is 2. The molecule has 6 nitrogen and oxygen atoms in total. The molecule has 0 unspecified atom stereocenters. The molecule has 2 fully saturated rings. The van der Waals surface area contributed by atoms with Crippen molar-refractivity contribution in [3.8, 4) is 0 Å². The normalized spacial score (nSPS) is 31.9. The van der Waals surface area contributed by atoms with Gasteiger partial charge in [-0.1, -0.05) is 24.3 Å². The highest BCUT2D eigenvalue weighted by molar-refractivity contribution is 6.06. The second-order valence-electron chi connectivity index (χ2n) is 6.19. The minimum Gasteiger partial charge on any atom is -0.278 e. The second-order valence-corrected chi connectivity index (χ2v) is 6.19. The summed E-state index contributed by atoms with van der Waals surface area (Å²) >= 11 is 0. The predicted octanol–water partition coefficient (Wildman–Crippen LogP) is 1.90. The van der Waals surface area contributed by atoms with Crippen molar-refractivity contribution in [3.05, 3.63) is 52.1 Å². The molecule has 2 amide bonds. The highest BCUT2D eigenvalue weighted by Gasteiger charge is 2.59. The number of carbonyl (C=O) groups is 2. The average molecular weight is 298 g/mol. The van der Waals surface area contributed by atoms with E-state index in [1.54, 1.807) is 12.1 Å². The zero-order valence-electron chi connectivity index (χ0n) is 11.7. The highest BCUT2D eigenvalue weighted by atomic mass is 16.6. The van der Waals surface area contributed by atoms with Gasteiger partial charge in [0, 0.05) is 12.1 Å². The van der Waals surface area contributed by atoms with E-state index in [1.165, 1.54) is 17.0 Å². The number of hydrogen-bond acceptors (Lipinski definition) is 4. The maximum Gasteiger partial charge on any atom is 0.269 e. The largest absolute Gasteiger partial charge is 0.278 e. The number of rotatable bonds is 3. The van der Waals surface area contributed by atoms with Crippen molar-refractivity contribution >= 4 is 17.5 Å². The van der Waals surface area contributed by atoms with Crippen molar-refractivity contribution in [2.75, 3.05) is 0 Å². The number of fused-ring (bicyclic) bond motifs is 5. The van der Waals surface area contributed by atoms with Crippen LogP contribution in [-0.2, 0) is 16.1 Å². The van der Waals surface area contributed by atoms with Crippen molar-refractivity contribution in [2.24, 2.45) is 23.7 Å². The van der Waals surface area contributed by atoms with E-state index in [0.717, 1.165) is 12.0 Å². The van der Waals surface area contributed by atoms with Gasteiger partial charge in [-0.2, -0.15) is 0 Å². The number of non-ortho nitro benzene ring substituents is 1. The number of imide groups is 1. The van der Waals surface area contributed by atoms with Crippen molar-refractivity contribution in [1.82, 2.24) is 4.90 Å². The third kappa shape index (κ3) is 1.73. The summed E-state index contributed by atoms with van der Waals surface area (Å²) in [6, 6.07) is 5.98. The van der Waals surface area contributed by atoms with Gasteiger partial charge in [-0.3, -0.25) is 24.6 Å². The monoisotopic (exact) mass is 298 g/mol. The molecule has 22 heavy (non-hydrogen) atoms. The van der Waals surface area contributed by atoms with Crippen LogP contribution in [0.1, 0.15) is 12.0 Å². The first kappa shape index (κ1) is 13.2. The fourth-order valence-electron chi connectivity index (χ4n) is 4.03. The Bertz CT molecular complexity index is 679. The van der Waals surface area contributed by atoms with Crippen LogP contribution in [-0.4, -0.2) is 21.6 Å². The summed E-state index contributed by atoms with van der Waals surface area (Å²) in [4.78, 5) is 36.6. The summed E-state index contributed by atoms with van der Waals surface area (Å²) in [6.45, 7) is 0.197. The van der Waals surface area contributed by atoms with E-state index in [0.29, 0.717) is 0 Å². The maximum absolute atomic E-state index is 12.5. The lowest BCUT2D eigenvalue weighted by atomic mass is 9.85. The van der Waals surface area contributed by atoms with Gasteiger partial charge in [0.1, 0.15) is 0 Å². The first-order valence-corrected chi connectivity index (χ1v) is 7.33. The highest BCUT2D eigenvalue weighted by Crippen LogP contribution is 2.52. The van der Waals surface area contributed by atoms with Crippen LogP contribution in [0.3, 0.4) is 0 Å². The number of amides is 2. The van der Waals surface area contributed by atoms with E-state index >= 15 is 0 Å². The maximum atomic E-state index is 12.5. The Balaban J connectivity index is 1.56. The van der Waals surface area contributed by atoms with Crippen molar-refractivity contribution in [1.29, 1.82) is 0 Å². The first-order valence-electron chi connectivity index (χ1n) is 7.33. The van der Waals surface area contributed by atoms with E-state index in [4.69, 9.17) is 0 Å². The van der Waals surface area contributed by atoms with E-state index in [2.05, 4.69) is 12.2 Å². The predicted molar refractivity (Wildman–Crippen MR) is 76.4 cm³/mol. The number of nitro groups is 1.